The molecule has 3 aromatic heterocycles. The molecule has 0 atom stereocenters. The Bertz CT molecular complexity index is 1200. The summed E-state index contributed by atoms with van der Waals surface area (Å²) in [6.07, 6.45) is 0.230. The minimum atomic E-state index is -2.69. The predicted octanol–water partition coefficient (Wildman–Crippen LogP) is 4.94. The predicted molar refractivity (Wildman–Crippen MR) is 106 cm³/mol. The number of ether oxygens (including phenoxy) is 1. The van der Waals surface area contributed by atoms with Crippen LogP contribution in [0.4, 0.5) is 14.6 Å². The topological polar surface area (TPSA) is 103 Å². The standard InChI is InChI=1S/C20H13ClF2N4O4/c21-12-3-4-14(30-10-16(22)23)13(9-12)18(28)25-17-8-11(5-6-24-17)19-26-27-20(31-19)15-2-1-7-29-15/h1-9,16H,10H2,(H,24,25,28). The average molecular weight is 447 g/mol. The van der Waals surface area contributed by atoms with Crippen molar-refractivity contribution in [2.24, 2.45) is 0 Å². The van der Waals surface area contributed by atoms with E-state index in [2.05, 4.69) is 20.5 Å². The summed E-state index contributed by atoms with van der Waals surface area (Å²) in [5, 5.41) is 10.7. The fourth-order valence-electron chi connectivity index (χ4n) is 2.61. The highest BCUT2D eigenvalue weighted by Gasteiger charge is 2.17. The fraction of sp³-hybridized carbons (Fsp3) is 0.100. The number of furan rings is 1. The van der Waals surface area contributed by atoms with E-state index >= 15 is 0 Å². The molecular weight excluding hydrogens is 434 g/mol. The molecule has 0 fully saturated rings. The van der Waals surface area contributed by atoms with Crippen molar-refractivity contribution in [1.82, 2.24) is 15.2 Å². The van der Waals surface area contributed by atoms with Crippen LogP contribution in [-0.4, -0.2) is 34.1 Å². The molecule has 0 radical (unpaired) electrons. The number of hydrogen-bond acceptors (Lipinski definition) is 7. The first-order valence-electron chi connectivity index (χ1n) is 8.85. The molecule has 4 aromatic rings. The Morgan fingerprint density at radius 1 is 1.16 bits per heavy atom. The summed E-state index contributed by atoms with van der Waals surface area (Å²) in [6.45, 7) is -0.856. The van der Waals surface area contributed by atoms with Crippen LogP contribution in [0.2, 0.25) is 5.02 Å². The molecule has 11 heteroatoms. The molecule has 31 heavy (non-hydrogen) atoms. The summed E-state index contributed by atoms with van der Waals surface area (Å²) >= 11 is 5.94. The smallest absolute Gasteiger partial charge is 0.283 e. The van der Waals surface area contributed by atoms with Crippen LogP contribution in [0.15, 0.2) is 63.8 Å². The fourth-order valence-corrected chi connectivity index (χ4v) is 2.79. The minimum Gasteiger partial charge on any atom is -0.487 e. The van der Waals surface area contributed by atoms with Gasteiger partial charge in [-0.2, -0.15) is 0 Å². The molecule has 0 saturated heterocycles. The summed E-state index contributed by atoms with van der Waals surface area (Å²) in [5.74, 6) is 0.297. The molecule has 0 aliphatic carbocycles. The number of nitrogens with one attached hydrogen (secondary N) is 1. The third-order valence-electron chi connectivity index (χ3n) is 3.96. The third-order valence-corrected chi connectivity index (χ3v) is 4.19. The molecule has 8 nitrogen and oxygen atoms in total. The molecule has 3 heterocycles. The molecular formula is C20H13ClF2N4O4. The van der Waals surface area contributed by atoms with Gasteiger partial charge < -0.3 is 18.9 Å². The van der Waals surface area contributed by atoms with Gasteiger partial charge in [0.05, 0.1) is 11.8 Å². The van der Waals surface area contributed by atoms with Crippen molar-refractivity contribution in [3.63, 3.8) is 0 Å². The van der Waals surface area contributed by atoms with Crippen molar-refractivity contribution >= 4 is 23.3 Å². The molecule has 0 saturated carbocycles. The van der Waals surface area contributed by atoms with E-state index in [1.54, 1.807) is 18.2 Å². The minimum absolute atomic E-state index is 0.0155. The van der Waals surface area contributed by atoms with E-state index in [4.69, 9.17) is 25.2 Å². The maximum Gasteiger partial charge on any atom is 0.283 e. The highest BCUT2D eigenvalue weighted by Crippen LogP contribution is 2.27. The van der Waals surface area contributed by atoms with Crippen LogP contribution in [-0.2, 0) is 0 Å². The normalized spacial score (nSPS) is 11.0. The number of anilines is 1. The van der Waals surface area contributed by atoms with Crippen LogP contribution in [0, 0.1) is 0 Å². The van der Waals surface area contributed by atoms with E-state index in [-0.39, 0.29) is 33.9 Å². The number of rotatable bonds is 7. The number of benzene rings is 1. The van der Waals surface area contributed by atoms with E-state index in [1.165, 1.54) is 36.7 Å². The second-order valence-corrected chi connectivity index (χ2v) is 6.55. The van der Waals surface area contributed by atoms with Gasteiger partial charge in [-0.1, -0.05) is 11.6 Å². The van der Waals surface area contributed by atoms with Crippen LogP contribution >= 0.6 is 11.6 Å². The van der Waals surface area contributed by atoms with Gasteiger partial charge in [0.2, 0.25) is 5.89 Å². The molecule has 0 spiro atoms. The Labute approximate surface area is 178 Å². The van der Waals surface area contributed by atoms with E-state index in [0.717, 1.165) is 0 Å². The van der Waals surface area contributed by atoms with Gasteiger partial charge in [0.1, 0.15) is 18.2 Å². The van der Waals surface area contributed by atoms with E-state index in [0.29, 0.717) is 11.3 Å². The SMILES string of the molecule is O=C(Nc1cc(-c2nnc(-c3ccco3)o2)ccn1)c1cc(Cl)ccc1OCC(F)F. The number of pyridine rings is 1. The maximum atomic E-state index is 12.7. The summed E-state index contributed by atoms with van der Waals surface area (Å²) in [4.78, 5) is 16.8. The van der Waals surface area contributed by atoms with Crippen molar-refractivity contribution in [1.29, 1.82) is 0 Å². The van der Waals surface area contributed by atoms with E-state index in [1.807, 2.05) is 0 Å². The summed E-state index contributed by atoms with van der Waals surface area (Å²) < 4.78 is 40.8. The lowest BCUT2D eigenvalue weighted by atomic mass is 10.2. The van der Waals surface area contributed by atoms with Gasteiger partial charge in [-0.3, -0.25) is 4.79 Å². The van der Waals surface area contributed by atoms with Crippen LogP contribution in [0.1, 0.15) is 10.4 Å². The first kappa shape index (κ1) is 20.5. The number of carbonyl (C=O) groups excluding carboxylic acids is 1. The second-order valence-electron chi connectivity index (χ2n) is 6.12. The molecule has 0 aliphatic heterocycles. The van der Waals surface area contributed by atoms with E-state index in [9.17, 15) is 13.6 Å². The number of halogens is 3. The Kier molecular flexibility index (Phi) is 5.89. The Hall–Kier alpha value is -3.79. The van der Waals surface area contributed by atoms with Gasteiger partial charge >= 0.3 is 0 Å². The zero-order chi connectivity index (χ0) is 21.8. The number of amides is 1. The number of carbonyl (C=O) groups is 1. The summed E-state index contributed by atoms with van der Waals surface area (Å²) in [5.41, 5.74) is 0.481. The van der Waals surface area contributed by atoms with Crippen LogP contribution in [0.3, 0.4) is 0 Å². The molecule has 0 bridgehead atoms. The summed E-state index contributed by atoms with van der Waals surface area (Å²) in [7, 11) is 0. The van der Waals surface area contributed by atoms with Gasteiger partial charge in [0.15, 0.2) is 5.76 Å². The molecule has 158 valence electrons. The molecule has 1 amide bonds. The van der Waals surface area contributed by atoms with Crippen LogP contribution in [0.25, 0.3) is 23.1 Å². The second kappa shape index (κ2) is 8.92. The molecule has 0 aliphatic rings. The Balaban J connectivity index is 1.54. The van der Waals surface area contributed by atoms with Gasteiger partial charge in [-0.15, -0.1) is 10.2 Å². The highest BCUT2D eigenvalue weighted by molar-refractivity contribution is 6.31. The molecule has 1 N–H and O–H groups in total. The monoisotopic (exact) mass is 446 g/mol. The van der Waals surface area contributed by atoms with Crippen molar-refractivity contribution < 1.29 is 27.1 Å². The quantitative estimate of drug-likeness (QED) is 0.428. The summed E-state index contributed by atoms with van der Waals surface area (Å²) in [6, 6.07) is 10.6. The number of aromatic nitrogens is 3. The van der Waals surface area contributed by atoms with Gasteiger partial charge in [0, 0.05) is 16.8 Å². The largest absolute Gasteiger partial charge is 0.487 e. The lowest BCUT2D eigenvalue weighted by Crippen LogP contribution is -2.16. The Morgan fingerprint density at radius 3 is 2.77 bits per heavy atom. The lowest BCUT2D eigenvalue weighted by molar-refractivity contribution is 0.0803. The van der Waals surface area contributed by atoms with Crippen molar-refractivity contribution in [3.05, 3.63) is 65.5 Å². The molecule has 0 unspecified atom stereocenters. The molecule has 1 aromatic carbocycles. The lowest BCUT2D eigenvalue weighted by Gasteiger charge is -2.12. The first-order chi connectivity index (χ1) is 15.0. The zero-order valence-electron chi connectivity index (χ0n) is 15.6. The maximum absolute atomic E-state index is 12.7. The van der Waals surface area contributed by atoms with Gasteiger partial charge in [-0.05, 0) is 42.5 Å². The highest BCUT2D eigenvalue weighted by atomic mass is 35.5. The first-order valence-corrected chi connectivity index (χ1v) is 9.23. The average Bonchev–Trinajstić information content (AvgIpc) is 3.45. The van der Waals surface area contributed by atoms with Crippen LogP contribution < -0.4 is 10.1 Å². The van der Waals surface area contributed by atoms with E-state index < -0.39 is 18.9 Å². The van der Waals surface area contributed by atoms with Crippen molar-refractivity contribution in [3.8, 4) is 28.9 Å². The van der Waals surface area contributed by atoms with Gasteiger partial charge in [0.25, 0.3) is 18.2 Å². The van der Waals surface area contributed by atoms with Crippen LogP contribution in [0.5, 0.6) is 5.75 Å². The Morgan fingerprint density at radius 2 is 2.00 bits per heavy atom. The van der Waals surface area contributed by atoms with Crippen molar-refractivity contribution in [2.75, 3.05) is 11.9 Å². The third kappa shape index (κ3) is 4.86. The molecule has 4 rings (SSSR count). The van der Waals surface area contributed by atoms with Crippen molar-refractivity contribution in [2.45, 2.75) is 6.43 Å². The zero-order valence-corrected chi connectivity index (χ0v) is 16.3. The number of alkyl halides is 2. The number of hydrogen-bond donors (Lipinski definition) is 1. The van der Waals surface area contributed by atoms with Gasteiger partial charge in [-0.25, -0.2) is 13.8 Å². The number of nitrogens with zero attached hydrogens (tertiary/aromatic N) is 3.